The molecule has 0 amide bonds. The maximum absolute atomic E-state index is 12.0. The molecule has 0 N–H and O–H groups in total. The average molecular weight is 325 g/mol. The van der Waals surface area contributed by atoms with Crippen molar-refractivity contribution in [2.75, 3.05) is 13.2 Å². The van der Waals surface area contributed by atoms with Crippen LogP contribution in [-0.4, -0.2) is 31.1 Å². The molecule has 1 aliphatic carbocycles. The number of carbonyl (C=O) groups is 1. The number of halogens is 1. The number of hydrogen-bond acceptors (Lipinski definition) is 4. The Labute approximate surface area is 135 Å². The highest BCUT2D eigenvalue weighted by Gasteiger charge is 2.45. The molecule has 0 aromatic heterocycles. The Bertz CT molecular complexity index is 540. The molecule has 120 valence electrons. The minimum absolute atomic E-state index is 0.00839. The van der Waals surface area contributed by atoms with Crippen molar-refractivity contribution >= 4 is 17.6 Å². The topological polar surface area (TPSA) is 44.8 Å². The molecule has 1 saturated carbocycles. The Morgan fingerprint density at radius 1 is 1.36 bits per heavy atom. The Hall–Kier alpha value is -1.10. The quantitative estimate of drug-likeness (QED) is 0.777. The van der Waals surface area contributed by atoms with Crippen LogP contribution in [0.1, 0.15) is 38.2 Å². The van der Waals surface area contributed by atoms with Crippen LogP contribution in [0.5, 0.6) is 0 Å². The molecule has 3 rings (SSSR count). The molecule has 5 heteroatoms. The first-order chi connectivity index (χ1) is 10.4. The fraction of sp³-hybridized carbons (Fsp3) is 0.588. The zero-order chi connectivity index (χ0) is 15.7. The maximum atomic E-state index is 12.0. The van der Waals surface area contributed by atoms with Crippen molar-refractivity contribution in [1.82, 2.24) is 0 Å². The molecule has 4 nitrogen and oxygen atoms in total. The van der Waals surface area contributed by atoms with Crippen LogP contribution in [-0.2, 0) is 19.0 Å². The first kappa shape index (κ1) is 15.8. The van der Waals surface area contributed by atoms with E-state index >= 15 is 0 Å². The standard InChI is InChI=1S/C17H21ClO4/c1-17(2)21-10-13(22-17)7-8-20-16(19)15-9-14(15)11-3-5-12(18)6-4-11/h3-6,13-15H,7-10H2,1-2H3/t13-,14-,15+/m0/s1. The van der Waals surface area contributed by atoms with Crippen LogP contribution in [0, 0.1) is 5.92 Å². The van der Waals surface area contributed by atoms with Gasteiger partial charge in [0.1, 0.15) is 0 Å². The average Bonchev–Trinajstić information content (AvgIpc) is 3.19. The summed E-state index contributed by atoms with van der Waals surface area (Å²) in [6, 6.07) is 7.67. The number of esters is 1. The number of ether oxygens (including phenoxy) is 3. The predicted molar refractivity (Wildman–Crippen MR) is 82.8 cm³/mol. The molecule has 1 aliphatic heterocycles. The van der Waals surface area contributed by atoms with Crippen molar-refractivity contribution in [1.29, 1.82) is 0 Å². The number of benzene rings is 1. The van der Waals surface area contributed by atoms with Crippen LogP contribution in [0.2, 0.25) is 5.02 Å². The van der Waals surface area contributed by atoms with Crippen molar-refractivity contribution in [3.8, 4) is 0 Å². The summed E-state index contributed by atoms with van der Waals surface area (Å²) >= 11 is 5.87. The van der Waals surface area contributed by atoms with Crippen LogP contribution in [0.3, 0.4) is 0 Å². The van der Waals surface area contributed by atoms with E-state index in [-0.39, 0.29) is 23.9 Å². The SMILES string of the molecule is CC1(C)OC[C@H](CCOC(=O)[C@@H]2C[C@H]2c2ccc(Cl)cc2)O1. The summed E-state index contributed by atoms with van der Waals surface area (Å²) in [5.41, 5.74) is 1.15. The van der Waals surface area contributed by atoms with Gasteiger partial charge in [-0.15, -0.1) is 0 Å². The summed E-state index contributed by atoms with van der Waals surface area (Å²) in [5, 5.41) is 0.713. The highest BCUT2D eigenvalue weighted by Crippen LogP contribution is 2.48. The number of rotatable bonds is 5. The summed E-state index contributed by atoms with van der Waals surface area (Å²) in [4.78, 5) is 12.0. The molecular weight excluding hydrogens is 304 g/mol. The normalized spacial score (nSPS) is 29.3. The van der Waals surface area contributed by atoms with Gasteiger partial charge >= 0.3 is 5.97 Å². The zero-order valence-electron chi connectivity index (χ0n) is 12.9. The Morgan fingerprint density at radius 2 is 2.09 bits per heavy atom. The van der Waals surface area contributed by atoms with E-state index in [2.05, 4.69) is 0 Å². The Morgan fingerprint density at radius 3 is 2.73 bits per heavy atom. The third-order valence-electron chi connectivity index (χ3n) is 4.14. The van der Waals surface area contributed by atoms with Crippen molar-refractivity contribution < 1.29 is 19.0 Å². The minimum Gasteiger partial charge on any atom is -0.465 e. The van der Waals surface area contributed by atoms with Gasteiger partial charge in [-0.25, -0.2) is 0 Å². The van der Waals surface area contributed by atoms with E-state index in [1.165, 1.54) is 0 Å². The molecule has 2 fully saturated rings. The molecule has 1 saturated heterocycles. The smallest absolute Gasteiger partial charge is 0.309 e. The molecule has 2 aliphatic rings. The van der Waals surface area contributed by atoms with Crippen molar-refractivity contribution in [2.24, 2.45) is 5.92 Å². The van der Waals surface area contributed by atoms with Gasteiger partial charge in [0.25, 0.3) is 0 Å². The highest BCUT2D eigenvalue weighted by molar-refractivity contribution is 6.30. The lowest BCUT2D eigenvalue weighted by molar-refractivity contribution is -0.149. The first-order valence-corrected chi connectivity index (χ1v) is 8.06. The second-order valence-electron chi connectivity index (χ2n) is 6.41. The summed E-state index contributed by atoms with van der Waals surface area (Å²) < 4.78 is 16.5. The highest BCUT2D eigenvalue weighted by atomic mass is 35.5. The van der Waals surface area contributed by atoms with Gasteiger partial charge in [0.2, 0.25) is 0 Å². The Kier molecular flexibility index (Phi) is 4.44. The van der Waals surface area contributed by atoms with Gasteiger partial charge < -0.3 is 14.2 Å². The van der Waals surface area contributed by atoms with E-state index in [0.29, 0.717) is 24.7 Å². The second kappa shape index (κ2) is 6.19. The maximum Gasteiger partial charge on any atom is 0.309 e. The zero-order valence-corrected chi connectivity index (χ0v) is 13.6. The fourth-order valence-electron chi connectivity index (χ4n) is 2.84. The largest absolute Gasteiger partial charge is 0.465 e. The van der Waals surface area contributed by atoms with Gasteiger partial charge in [-0.05, 0) is 43.9 Å². The van der Waals surface area contributed by atoms with Gasteiger partial charge in [0.15, 0.2) is 5.79 Å². The molecule has 1 aromatic carbocycles. The van der Waals surface area contributed by atoms with Crippen molar-refractivity contribution in [2.45, 2.75) is 44.5 Å². The lowest BCUT2D eigenvalue weighted by Crippen LogP contribution is -2.22. The van der Waals surface area contributed by atoms with Gasteiger partial charge in [-0.2, -0.15) is 0 Å². The van der Waals surface area contributed by atoms with E-state index in [1.807, 2.05) is 38.1 Å². The van der Waals surface area contributed by atoms with Gasteiger partial charge in [0, 0.05) is 11.4 Å². The number of carbonyl (C=O) groups excluding carboxylic acids is 1. The van der Waals surface area contributed by atoms with Crippen LogP contribution < -0.4 is 0 Å². The van der Waals surface area contributed by atoms with Crippen LogP contribution >= 0.6 is 11.6 Å². The first-order valence-electron chi connectivity index (χ1n) is 7.68. The van der Waals surface area contributed by atoms with Crippen molar-refractivity contribution in [3.63, 3.8) is 0 Å². The monoisotopic (exact) mass is 324 g/mol. The second-order valence-corrected chi connectivity index (χ2v) is 6.84. The summed E-state index contributed by atoms with van der Waals surface area (Å²) in [6.45, 7) is 4.72. The van der Waals surface area contributed by atoms with Crippen molar-refractivity contribution in [3.05, 3.63) is 34.9 Å². The van der Waals surface area contributed by atoms with E-state index in [0.717, 1.165) is 12.0 Å². The molecule has 1 aromatic rings. The molecule has 3 atom stereocenters. The van der Waals surface area contributed by atoms with E-state index in [4.69, 9.17) is 25.8 Å². The Balaban J connectivity index is 1.40. The predicted octanol–water partition coefficient (Wildman–Crippen LogP) is 3.53. The molecule has 0 unspecified atom stereocenters. The molecule has 0 bridgehead atoms. The van der Waals surface area contributed by atoms with Gasteiger partial charge in [-0.3, -0.25) is 4.79 Å². The van der Waals surface area contributed by atoms with Crippen LogP contribution in [0.4, 0.5) is 0 Å². The summed E-state index contributed by atoms with van der Waals surface area (Å²) in [6.07, 6.45) is 1.54. The van der Waals surface area contributed by atoms with Crippen LogP contribution in [0.25, 0.3) is 0 Å². The third kappa shape index (κ3) is 3.80. The summed E-state index contributed by atoms with van der Waals surface area (Å²) in [5.74, 6) is -0.378. The molecule has 0 radical (unpaired) electrons. The lowest BCUT2D eigenvalue weighted by atomic mass is 10.1. The van der Waals surface area contributed by atoms with Gasteiger partial charge in [-0.1, -0.05) is 23.7 Å². The van der Waals surface area contributed by atoms with Crippen LogP contribution in [0.15, 0.2) is 24.3 Å². The molecule has 0 spiro atoms. The lowest BCUT2D eigenvalue weighted by Gasteiger charge is -2.16. The number of hydrogen-bond donors (Lipinski definition) is 0. The van der Waals surface area contributed by atoms with E-state index in [1.54, 1.807) is 0 Å². The van der Waals surface area contributed by atoms with E-state index in [9.17, 15) is 4.79 Å². The molecule has 1 heterocycles. The molecule has 22 heavy (non-hydrogen) atoms. The molecular formula is C17H21ClO4. The minimum atomic E-state index is -0.523. The third-order valence-corrected chi connectivity index (χ3v) is 4.39. The van der Waals surface area contributed by atoms with E-state index < -0.39 is 5.79 Å². The summed E-state index contributed by atoms with van der Waals surface area (Å²) in [7, 11) is 0. The van der Waals surface area contributed by atoms with Gasteiger partial charge in [0.05, 0.1) is 25.2 Å². The fourth-order valence-corrected chi connectivity index (χ4v) is 2.96.